The lowest BCUT2D eigenvalue weighted by Gasteiger charge is -2.69. The van der Waals surface area contributed by atoms with E-state index in [1.165, 1.54) is 16.8 Å². The number of hydrogen-bond donors (Lipinski definition) is 0. The number of esters is 1. The number of thiazole rings is 1. The third-order valence-electron chi connectivity index (χ3n) is 18.9. The van der Waals surface area contributed by atoms with E-state index in [0.29, 0.717) is 62.0 Å². The Morgan fingerprint density at radius 1 is 0.767 bits per heavy atom. The van der Waals surface area contributed by atoms with Gasteiger partial charge in [0.15, 0.2) is 22.1 Å². The highest BCUT2D eigenvalue weighted by Crippen LogP contribution is 2.72. The molecule has 4 aliphatic carbocycles. The van der Waals surface area contributed by atoms with E-state index >= 15 is 0 Å². The Hall–Kier alpha value is -6.32. The second-order valence-electron chi connectivity index (χ2n) is 28.9. The van der Waals surface area contributed by atoms with Crippen LogP contribution in [-0.2, 0) is 38.5 Å². The number of fused-ring (bicyclic) bond motifs is 1. The summed E-state index contributed by atoms with van der Waals surface area (Å²) in [6.45, 7) is 26.7. The minimum atomic E-state index is -2.75. The lowest BCUT2D eigenvalue weighted by Crippen LogP contribution is -2.67. The third-order valence-corrected chi connectivity index (χ3v) is 27.0. The second-order valence-corrected chi connectivity index (χ2v) is 40.2. The predicted molar refractivity (Wildman–Crippen MR) is 368 cm³/mol. The molecule has 0 N–H and O–H groups in total. The lowest BCUT2D eigenvalue weighted by molar-refractivity contribution is -0.249. The van der Waals surface area contributed by atoms with Gasteiger partial charge in [-0.2, -0.15) is 10.1 Å². The molecule has 0 spiro atoms. The zero-order valence-electron chi connectivity index (χ0n) is 54.7. The van der Waals surface area contributed by atoms with Gasteiger partial charge in [-0.15, -0.1) is 21.8 Å². The molecule has 90 heavy (non-hydrogen) atoms. The van der Waals surface area contributed by atoms with Gasteiger partial charge in [0.1, 0.15) is 24.9 Å². The highest BCUT2D eigenvalue weighted by atomic mass is 35.5. The van der Waals surface area contributed by atoms with Gasteiger partial charge >= 0.3 is 5.97 Å². The molecule has 4 aliphatic rings. The first-order valence-electron chi connectivity index (χ1n) is 32.2. The van der Waals surface area contributed by atoms with Crippen LogP contribution in [0.3, 0.4) is 0 Å². The van der Waals surface area contributed by atoms with Crippen molar-refractivity contribution in [1.82, 2.24) is 29.5 Å². The number of halogens is 1. The fourth-order valence-electron chi connectivity index (χ4n) is 15.9. The summed E-state index contributed by atoms with van der Waals surface area (Å²) in [5.74, 6) is 2.38. The number of aromatic nitrogens is 6. The molecule has 0 radical (unpaired) electrons. The summed E-state index contributed by atoms with van der Waals surface area (Å²) in [5.41, 5.74) is 5.24. The first-order chi connectivity index (χ1) is 43.0. The van der Waals surface area contributed by atoms with Crippen LogP contribution in [0, 0.1) is 30.1 Å². The zero-order valence-corrected chi connectivity index (χ0v) is 58.3. The van der Waals surface area contributed by atoms with E-state index in [1.54, 1.807) is 18.4 Å². The number of methoxy groups -OCH3 is 1. The summed E-state index contributed by atoms with van der Waals surface area (Å²) in [4.78, 5) is 28.1. The molecule has 0 amide bonds. The van der Waals surface area contributed by atoms with Crippen LogP contribution in [0.5, 0.6) is 5.75 Å². The van der Waals surface area contributed by atoms with E-state index < -0.39 is 22.4 Å². The lowest BCUT2D eigenvalue weighted by atomic mass is 9.39. The maximum Gasteiger partial charge on any atom is 0.358 e. The molecule has 2 unspecified atom stereocenters. The largest absolute Gasteiger partial charge is 0.497 e. The van der Waals surface area contributed by atoms with Gasteiger partial charge in [0.2, 0.25) is 0 Å². The number of alkyl halides is 1. The van der Waals surface area contributed by atoms with Crippen molar-refractivity contribution in [2.75, 3.05) is 44.3 Å². The van der Waals surface area contributed by atoms with E-state index in [2.05, 4.69) is 143 Å². The van der Waals surface area contributed by atoms with Gasteiger partial charge in [-0.05, 0) is 157 Å². The van der Waals surface area contributed by atoms with Gasteiger partial charge in [-0.25, -0.2) is 9.78 Å². The Bertz CT molecular complexity index is 3810. The molecule has 8 aromatic rings. The number of aryl methyl sites for hydroxylation is 1. The van der Waals surface area contributed by atoms with Crippen molar-refractivity contribution in [2.24, 2.45) is 21.2 Å². The number of rotatable bonds is 27. The number of hydrogen-bond acceptors (Lipinski definition) is 13. The van der Waals surface area contributed by atoms with E-state index in [1.807, 2.05) is 72.6 Å². The summed E-state index contributed by atoms with van der Waals surface area (Å²) in [6.07, 6.45) is 10.9. The SMILES string of the molecule is COc1ccc(COC(=O)c2nc(N(CCCCCCl)c3cc(C)c(/N=c4\sc5ccccc5n4COCC[Si](C)(C)C)nn3)ccc2-c2cnn(CC34CC5(C)CC(C)(C3)CC(OCCO[Si](c3ccccc3)(c3ccccc3)C(C)(C)C)(C5)C4)c2C)cc1. The molecule has 0 aliphatic heterocycles. The Morgan fingerprint density at radius 2 is 1.46 bits per heavy atom. The standard InChI is InChI=1S/C72H91ClN8O6SSi2/c1-52-41-63(77-78-65(52)76-67-80(51-84-39-40-89(9,10)11)60-27-19-20-28-61(60)88-67)79(36-22-14-21-35-73)62-34-33-58(64(75-62)66(82)85-43-54-29-31-55(83-8)32-30-54)59-42-74-81(53(59)2)50-71-45-69(6)44-70(7,46-71)48-72(47-69,49-71)86-37-38-87-90(68(3,4)5,56-23-15-12-16-24-56)57-25-17-13-18-26-57/h12-13,15-20,23-34,41-42H,14,21-22,35-40,43-51H2,1-11H3/b76-67-. The third kappa shape index (κ3) is 14.2. The molecule has 2 atom stereocenters. The first kappa shape index (κ1) is 65.2. The zero-order chi connectivity index (χ0) is 63.5. The second kappa shape index (κ2) is 26.7. The van der Waals surface area contributed by atoms with Crippen LogP contribution in [-0.4, -0.2) is 96.8 Å². The maximum absolute atomic E-state index is 14.9. The number of pyridine rings is 1. The van der Waals surface area contributed by atoms with Crippen molar-refractivity contribution in [3.8, 4) is 16.9 Å². The van der Waals surface area contributed by atoms with Crippen molar-refractivity contribution < 1.29 is 28.2 Å². The quantitative estimate of drug-likeness (QED) is 0.0210. The number of unbranched alkanes of at least 4 members (excludes halogenated alkanes) is 2. The Balaban J connectivity index is 0.890. The molecule has 4 heterocycles. The molecule has 4 aromatic carbocycles. The molecule has 0 saturated heterocycles. The molecular formula is C72H91ClN8O6SSi2. The van der Waals surface area contributed by atoms with Crippen LogP contribution >= 0.6 is 22.9 Å². The normalized spacial score (nSPS) is 20.9. The maximum atomic E-state index is 14.9. The smallest absolute Gasteiger partial charge is 0.358 e. The van der Waals surface area contributed by atoms with Crippen molar-refractivity contribution in [1.29, 1.82) is 0 Å². The number of nitrogens with zero attached hydrogens (tertiary/aromatic N) is 8. The topological polar surface area (TPSA) is 140 Å². The average Bonchev–Trinajstić information content (AvgIpc) is 0.745. The molecule has 14 nitrogen and oxygen atoms in total. The fourth-order valence-corrected chi connectivity index (χ4v) is 22.4. The highest BCUT2D eigenvalue weighted by Gasteiger charge is 2.66. The van der Waals surface area contributed by atoms with Gasteiger partial charge in [0.25, 0.3) is 8.32 Å². The van der Waals surface area contributed by atoms with Gasteiger partial charge in [-0.1, -0.05) is 157 Å². The van der Waals surface area contributed by atoms with Crippen molar-refractivity contribution in [2.45, 2.75) is 162 Å². The molecule has 4 aromatic heterocycles. The van der Waals surface area contributed by atoms with Gasteiger partial charge < -0.3 is 28.3 Å². The Morgan fingerprint density at radius 3 is 2.11 bits per heavy atom. The number of ether oxygens (including phenoxy) is 4. The first-order valence-corrected chi connectivity index (χ1v) is 39.1. The van der Waals surface area contributed by atoms with E-state index in [-0.39, 0.29) is 39.2 Å². The number of carbonyl (C=O) groups is 1. The average molecular weight is 1290 g/mol. The van der Waals surface area contributed by atoms with E-state index in [0.717, 1.165) is 107 Å². The minimum absolute atomic E-state index is 0.0457. The molecule has 4 bridgehead atoms. The molecule has 12 rings (SSSR count). The van der Waals surface area contributed by atoms with Crippen LogP contribution in [0.4, 0.5) is 17.5 Å². The molecule has 476 valence electrons. The highest BCUT2D eigenvalue weighted by molar-refractivity contribution is 7.16. The van der Waals surface area contributed by atoms with Crippen molar-refractivity contribution in [3.63, 3.8) is 0 Å². The van der Waals surface area contributed by atoms with E-state index in [4.69, 9.17) is 60.2 Å². The minimum Gasteiger partial charge on any atom is -0.497 e. The molecule has 4 saturated carbocycles. The van der Waals surface area contributed by atoms with Gasteiger partial charge in [0, 0.05) is 50.5 Å². The Kier molecular flexibility index (Phi) is 19.4. The number of carbonyl (C=O) groups excluding carboxylic acids is 1. The van der Waals surface area contributed by atoms with Crippen LogP contribution in [0.1, 0.15) is 120 Å². The monoisotopic (exact) mass is 1290 g/mol. The number of benzene rings is 4. The van der Waals surface area contributed by atoms with E-state index in [9.17, 15) is 4.79 Å². The molecule has 4 fully saturated rings. The molecule has 18 heteroatoms. The van der Waals surface area contributed by atoms with Gasteiger partial charge in [0.05, 0.1) is 42.3 Å². The van der Waals surface area contributed by atoms with Crippen molar-refractivity contribution in [3.05, 3.63) is 161 Å². The van der Waals surface area contributed by atoms with Crippen LogP contribution in [0.15, 0.2) is 139 Å². The predicted octanol–water partition coefficient (Wildman–Crippen LogP) is 15.5. The van der Waals surface area contributed by atoms with Crippen LogP contribution in [0.2, 0.25) is 30.7 Å². The Labute approximate surface area is 543 Å². The number of para-hydroxylation sites is 1. The number of anilines is 2. The summed E-state index contributed by atoms with van der Waals surface area (Å²) in [6, 6.07) is 44.7. The summed E-state index contributed by atoms with van der Waals surface area (Å²) in [7, 11) is -2.39. The molecular weight excluding hydrogens is 1200 g/mol. The fraction of sp³-hybridized carbons (Fsp3) is 0.472. The van der Waals surface area contributed by atoms with Crippen LogP contribution in [0.25, 0.3) is 21.3 Å². The van der Waals surface area contributed by atoms with Crippen LogP contribution < -0.4 is 24.8 Å². The summed E-state index contributed by atoms with van der Waals surface area (Å²) in [5, 5.41) is 17.3. The van der Waals surface area contributed by atoms with Gasteiger partial charge in [-0.3, -0.25) is 9.25 Å². The summed E-state index contributed by atoms with van der Waals surface area (Å²) < 4.78 is 38.1. The summed E-state index contributed by atoms with van der Waals surface area (Å²) >= 11 is 7.83. The van der Waals surface area contributed by atoms with Crippen molar-refractivity contribution >= 4 is 83.3 Å².